The summed E-state index contributed by atoms with van der Waals surface area (Å²) in [6.45, 7) is 2.84. The van der Waals surface area contributed by atoms with Gasteiger partial charge in [0.2, 0.25) is 5.91 Å². The van der Waals surface area contributed by atoms with Gasteiger partial charge in [0, 0.05) is 37.5 Å². The van der Waals surface area contributed by atoms with Crippen molar-refractivity contribution in [1.29, 1.82) is 0 Å². The Balaban J connectivity index is 1.56. The van der Waals surface area contributed by atoms with E-state index < -0.39 is 0 Å². The van der Waals surface area contributed by atoms with Crippen LogP contribution in [0.25, 0.3) is 0 Å². The van der Waals surface area contributed by atoms with Crippen molar-refractivity contribution >= 4 is 17.7 Å². The maximum atomic E-state index is 11.7. The first kappa shape index (κ1) is 14.3. The predicted octanol–water partition coefficient (Wildman–Crippen LogP) is 0.668. The number of rotatable bonds is 6. The van der Waals surface area contributed by atoms with Gasteiger partial charge in [-0.2, -0.15) is 0 Å². The fraction of sp³-hybridized carbons (Fsp3) is 0.538. The van der Waals surface area contributed by atoms with Crippen molar-refractivity contribution in [1.82, 2.24) is 15.6 Å². The summed E-state index contributed by atoms with van der Waals surface area (Å²) in [4.78, 5) is 15.9. The number of hydrogen-bond donors (Lipinski definition) is 2. The van der Waals surface area contributed by atoms with Crippen LogP contribution in [-0.4, -0.2) is 49.0 Å². The molecule has 1 aromatic heterocycles. The number of aromatic nitrogens is 1. The first-order valence-electron chi connectivity index (χ1n) is 6.46. The van der Waals surface area contributed by atoms with Crippen LogP contribution < -0.4 is 10.6 Å². The third-order valence-corrected chi connectivity index (χ3v) is 3.69. The Morgan fingerprint density at radius 3 is 3.26 bits per heavy atom. The number of pyridine rings is 1. The lowest BCUT2D eigenvalue weighted by Gasteiger charge is -2.23. The number of morpholine rings is 1. The van der Waals surface area contributed by atoms with Crippen molar-refractivity contribution in [3.8, 4) is 0 Å². The molecule has 1 aromatic rings. The smallest absolute Gasteiger partial charge is 0.221 e. The maximum absolute atomic E-state index is 11.7. The minimum Gasteiger partial charge on any atom is -0.378 e. The van der Waals surface area contributed by atoms with Crippen LogP contribution in [0.3, 0.4) is 0 Å². The number of thioether (sulfide) groups is 1. The van der Waals surface area contributed by atoms with E-state index in [0.29, 0.717) is 19.6 Å². The minimum absolute atomic E-state index is 0.0737. The maximum Gasteiger partial charge on any atom is 0.221 e. The molecule has 1 aliphatic rings. The molecule has 104 valence electrons. The van der Waals surface area contributed by atoms with E-state index in [0.717, 1.165) is 23.9 Å². The Kier molecular flexibility index (Phi) is 6.13. The highest BCUT2D eigenvalue weighted by Gasteiger charge is 2.16. The zero-order valence-corrected chi connectivity index (χ0v) is 11.6. The number of hydrogen-bond acceptors (Lipinski definition) is 5. The second-order valence-corrected chi connectivity index (χ2v) is 5.41. The lowest BCUT2D eigenvalue weighted by Crippen LogP contribution is -2.44. The van der Waals surface area contributed by atoms with Crippen molar-refractivity contribution in [2.45, 2.75) is 17.5 Å². The first-order valence-corrected chi connectivity index (χ1v) is 7.45. The van der Waals surface area contributed by atoms with Gasteiger partial charge in [0.05, 0.1) is 18.2 Å². The minimum atomic E-state index is 0.0737. The molecular weight excluding hydrogens is 262 g/mol. The Morgan fingerprint density at radius 2 is 2.53 bits per heavy atom. The molecule has 2 N–H and O–H groups in total. The summed E-state index contributed by atoms with van der Waals surface area (Å²) < 4.78 is 5.31. The molecule has 0 saturated carbocycles. The third-order valence-electron chi connectivity index (χ3n) is 2.74. The monoisotopic (exact) mass is 281 g/mol. The van der Waals surface area contributed by atoms with Crippen molar-refractivity contribution in [2.24, 2.45) is 0 Å². The molecule has 0 spiro atoms. The van der Waals surface area contributed by atoms with E-state index in [4.69, 9.17) is 4.74 Å². The van der Waals surface area contributed by atoms with Crippen molar-refractivity contribution in [2.75, 3.05) is 32.1 Å². The molecule has 1 unspecified atom stereocenters. The van der Waals surface area contributed by atoms with Crippen LogP contribution in [-0.2, 0) is 9.53 Å². The quantitative estimate of drug-likeness (QED) is 0.593. The number of nitrogens with zero attached hydrogens (tertiary/aromatic N) is 1. The highest BCUT2D eigenvalue weighted by atomic mass is 32.2. The van der Waals surface area contributed by atoms with Gasteiger partial charge in [-0.1, -0.05) is 6.07 Å². The van der Waals surface area contributed by atoms with Gasteiger partial charge in [-0.3, -0.25) is 4.79 Å². The van der Waals surface area contributed by atoms with E-state index in [1.165, 1.54) is 0 Å². The molecular formula is C13H19N3O2S. The molecule has 1 amide bonds. The average molecular weight is 281 g/mol. The number of nitrogens with one attached hydrogen (secondary N) is 2. The van der Waals surface area contributed by atoms with Crippen LogP contribution in [0.1, 0.15) is 6.42 Å². The predicted molar refractivity (Wildman–Crippen MR) is 75.2 cm³/mol. The molecule has 1 aliphatic heterocycles. The van der Waals surface area contributed by atoms with E-state index in [2.05, 4.69) is 15.6 Å². The SMILES string of the molecule is O=C(CC1COCCN1)NCCSc1ccccn1. The Bertz CT molecular complexity index is 383. The first-order chi connectivity index (χ1) is 9.34. The zero-order valence-electron chi connectivity index (χ0n) is 10.8. The molecule has 0 radical (unpaired) electrons. The van der Waals surface area contributed by atoms with E-state index in [-0.39, 0.29) is 11.9 Å². The zero-order chi connectivity index (χ0) is 13.3. The molecule has 0 aromatic carbocycles. The normalized spacial score (nSPS) is 19.1. The van der Waals surface area contributed by atoms with Crippen molar-refractivity contribution < 1.29 is 9.53 Å². The van der Waals surface area contributed by atoms with E-state index in [9.17, 15) is 4.79 Å². The summed E-state index contributed by atoms with van der Waals surface area (Å²) in [5, 5.41) is 7.17. The Labute approximate surface area is 117 Å². The lowest BCUT2D eigenvalue weighted by molar-refractivity contribution is -0.122. The molecule has 6 heteroatoms. The summed E-state index contributed by atoms with van der Waals surface area (Å²) in [5.74, 6) is 0.904. The highest BCUT2D eigenvalue weighted by molar-refractivity contribution is 7.99. The number of carbonyl (C=O) groups excluding carboxylic acids is 1. The number of amides is 1. The number of carbonyl (C=O) groups is 1. The standard InChI is InChI=1S/C13H19N3O2S/c17-12(9-11-10-18-7-5-14-11)15-6-8-19-13-3-1-2-4-16-13/h1-4,11,14H,5-10H2,(H,15,17). The molecule has 1 atom stereocenters. The lowest BCUT2D eigenvalue weighted by atomic mass is 10.2. The second kappa shape index (κ2) is 8.14. The molecule has 2 rings (SSSR count). The molecule has 2 heterocycles. The van der Waals surface area contributed by atoms with Gasteiger partial charge in [0.1, 0.15) is 0 Å². The molecule has 19 heavy (non-hydrogen) atoms. The Hall–Kier alpha value is -1.11. The van der Waals surface area contributed by atoms with Gasteiger partial charge in [0.15, 0.2) is 0 Å². The molecule has 1 fully saturated rings. The summed E-state index contributed by atoms with van der Waals surface area (Å²) in [6, 6.07) is 5.97. The molecule has 0 bridgehead atoms. The van der Waals surface area contributed by atoms with Crippen molar-refractivity contribution in [3.05, 3.63) is 24.4 Å². The fourth-order valence-electron chi connectivity index (χ4n) is 1.83. The van der Waals surface area contributed by atoms with Gasteiger partial charge >= 0.3 is 0 Å². The molecule has 1 saturated heterocycles. The van der Waals surface area contributed by atoms with Gasteiger partial charge in [0.25, 0.3) is 0 Å². The van der Waals surface area contributed by atoms with Crippen LogP contribution in [0.2, 0.25) is 0 Å². The second-order valence-electron chi connectivity index (χ2n) is 4.30. The van der Waals surface area contributed by atoms with Crippen LogP contribution in [0.15, 0.2) is 29.4 Å². The highest BCUT2D eigenvalue weighted by Crippen LogP contribution is 2.12. The topological polar surface area (TPSA) is 63.2 Å². The Morgan fingerprint density at radius 1 is 1.58 bits per heavy atom. The summed E-state index contributed by atoms with van der Waals surface area (Å²) in [5.41, 5.74) is 0. The largest absolute Gasteiger partial charge is 0.378 e. The summed E-state index contributed by atoms with van der Waals surface area (Å²) in [6.07, 6.45) is 2.25. The van der Waals surface area contributed by atoms with Gasteiger partial charge in [-0.15, -0.1) is 11.8 Å². The molecule has 5 nitrogen and oxygen atoms in total. The van der Waals surface area contributed by atoms with Gasteiger partial charge < -0.3 is 15.4 Å². The van der Waals surface area contributed by atoms with E-state index >= 15 is 0 Å². The van der Waals surface area contributed by atoms with Crippen LogP contribution in [0.4, 0.5) is 0 Å². The summed E-state index contributed by atoms with van der Waals surface area (Å²) >= 11 is 1.64. The summed E-state index contributed by atoms with van der Waals surface area (Å²) in [7, 11) is 0. The van der Waals surface area contributed by atoms with Crippen molar-refractivity contribution in [3.63, 3.8) is 0 Å². The van der Waals surface area contributed by atoms with E-state index in [1.54, 1.807) is 18.0 Å². The number of ether oxygens (including phenoxy) is 1. The van der Waals surface area contributed by atoms with Crippen LogP contribution in [0.5, 0.6) is 0 Å². The van der Waals surface area contributed by atoms with E-state index in [1.807, 2.05) is 18.2 Å². The van der Waals surface area contributed by atoms with Crippen LogP contribution >= 0.6 is 11.8 Å². The third kappa shape index (κ3) is 5.59. The van der Waals surface area contributed by atoms with Gasteiger partial charge in [-0.05, 0) is 12.1 Å². The fourth-order valence-corrected chi connectivity index (χ4v) is 2.55. The van der Waals surface area contributed by atoms with Gasteiger partial charge in [-0.25, -0.2) is 4.98 Å². The average Bonchev–Trinajstić information content (AvgIpc) is 2.46. The van der Waals surface area contributed by atoms with Crippen LogP contribution in [0, 0.1) is 0 Å². The molecule has 0 aliphatic carbocycles.